The van der Waals surface area contributed by atoms with E-state index in [1.54, 1.807) is 0 Å². The summed E-state index contributed by atoms with van der Waals surface area (Å²) >= 11 is 0. The Morgan fingerprint density at radius 3 is 2.26 bits per heavy atom. The Morgan fingerprint density at radius 1 is 1.05 bits per heavy atom. The first kappa shape index (κ1) is 14.1. The van der Waals surface area contributed by atoms with Crippen LogP contribution in [0.25, 0.3) is 0 Å². The third kappa shape index (κ3) is 4.09. The molecule has 0 spiro atoms. The van der Waals surface area contributed by atoms with Gasteiger partial charge in [-0.3, -0.25) is 4.79 Å². The van der Waals surface area contributed by atoms with Crippen LogP contribution >= 0.6 is 0 Å². The molecule has 0 bridgehead atoms. The molecule has 2 rings (SSSR count). The molecule has 1 saturated carbocycles. The van der Waals surface area contributed by atoms with E-state index in [-0.39, 0.29) is 24.0 Å². The highest BCUT2D eigenvalue weighted by molar-refractivity contribution is 5.75. The molecular weight excluding hydrogens is 246 g/mol. The number of hydrogen-bond acceptors (Lipinski definition) is 3. The lowest BCUT2D eigenvalue weighted by atomic mass is 10.1. The van der Waals surface area contributed by atoms with Gasteiger partial charge in [0, 0.05) is 12.1 Å². The van der Waals surface area contributed by atoms with Crippen LogP contribution in [-0.2, 0) is 4.79 Å². The number of carboxylic acids is 1. The van der Waals surface area contributed by atoms with Gasteiger partial charge < -0.3 is 20.6 Å². The van der Waals surface area contributed by atoms with Gasteiger partial charge in [0.15, 0.2) is 0 Å². The van der Waals surface area contributed by atoms with E-state index >= 15 is 0 Å². The van der Waals surface area contributed by atoms with Crippen molar-refractivity contribution in [1.29, 1.82) is 0 Å². The van der Waals surface area contributed by atoms with Crippen LogP contribution in [-0.4, -0.2) is 54.2 Å². The zero-order valence-corrected chi connectivity index (χ0v) is 11.4. The first-order chi connectivity index (χ1) is 9.04. The molecule has 19 heavy (non-hydrogen) atoms. The molecule has 2 atom stereocenters. The van der Waals surface area contributed by atoms with Gasteiger partial charge >= 0.3 is 12.0 Å². The van der Waals surface area contributed by atoms with Gasteiger partial charge in [-0.15, -0.1) is 0 Å². The van der Waals surface area contributed by atoms with Crippen molar-refractivity contribution in [3.05, 3.63) is 0 Å². The maximum Gasteiger partial charge on any atom is 0.315 e. The second kappa shape index (κ2) is 6.23. The van der Waals surface area contributed by atoms with Crippen molar-refractivity contribution in [3.8, 4) is 0 Å². The summed E-state index contributed by atoms with van der Waals surface area (Å²) in [7, 11) is 2.08. The molecule has 6 heteroatoms. The van der Waals surface area contributed by atoms with E-state index in [0.717, 1.165) is 32.4 Å². The molecule has 2 amide bonds. The molecule has 1 heterocycles. The third-order valence-electron chi connectivity index (χ3n) is 4.17. The van der Waals surface area contributed by atoms with Crippen LogP contribution in [0.4, 0.5) is 4.79 Å². The van der Waals surface area contributed by atoms with Crippen LogP contribution < -0.4 is 10.6 Å². The molecule has 108 valence electrons. The van der Waals surface area contributed by atoms with Crippen LogP contribution in [0.2, 0.25) is 0 Å². The maximum atomic E-state index is 11.8. The predicted molar refractivity (Wildman–Crippen MR) is 71.0 cm³/mol. The SMILES string of the molecule is CN1CCC(NC(=O)N[C@H]2CC[C@@H](C(=O)O)C2)CC1. The standard InChI is InChI=1S/C13H23N3O3/c1-16-6-4-10(5-7-16)14-13(19)15-11-3-2-9(8-11)12(17)18/h9-11H,2-8H2,1H3,(H,17,18)(H2,14,15,19)/t9-,11+/m1/s1. The number of likely N-dealkylation sites (tertiary alicyclic amines) is 1. The van der Waals surface area contributed by atoms with E-state index < -0.39 is 5.97 Å². The van der Waals surface area contributed by atoms with E-state index in [2.05, 4.69) is 22.6 Å². The van der Waals surface area contributed by atoms with Crippen LogP contribution in [0.1, 0.15) is 32.1 Å². The van der Waals surface area contributed by atoms with Crippen molar-refractivity contribution < 1.29 is 14.7 Å². The van der Waals surface area contributed by atoms with Gasteiger partial charge in [0.1, 0.15) is 0 Å². The summed E-state index contributed by atoms with van der Waals surface area (Å²) in [5.74, 6) is -1.05. The molecule has 1 aliphatic carbocycles. The van der Waals surface area contributed by atoms with Crippen molar-refractivity contribution in [2.24, 2.45) is 5.92 Å². The van der Waals surface area contributed by atoms with Crippen molar-refractivity contribution in [2.45, 2.75) is 44.2 Å². The third-order valence-corrected chi connectivity index (χ3v) is 4.17. The van der Waals surface area contributed by atoms with Gasteiger partial charge in [-0.2, -0.15) is 0 Å². The Kier molecular flexibility index (Phi) is 4.63. The number of aliphatic carboxylic acids is 1. The van der Waals surface area contributed by atoms with Crippen molar-refractivity contribution in [3.63, 3.8) is 0 Å². The minimum Gasteiger partial charge on any atom is -0.481 e. The smallest absolute Gasteiger partial charge is 0.315 e. The Hall–Kier alpha value is -1.30. The fraction of sp³-hybridized carbons (Fsp3) is 0.846. The molecular formula is C13H23N3O3. The summed E-state index contributed by atoms with van der Waals surface area (Å²) in [6.45, 7) is 2.02. The molecule has 0 radical (unpaired) electrons. The van der Waals surface area contributed by atoms with Crippen LogP contribution in [0, 0.1) is 5.92 Å². The molecule has 6 nitrogen and oxygen atoms in total. The van der Waals surface area contributed by atoms with E-state index in [4.69, 9.17) is 5.11 Å². The topological polar surface area (TPSA) is 81.7 Å². The van der Waals surface area contributed by atoms with Crippen molar-refractivity contribution >= 4 is 12.0 Å². The molecule has 2 aliphatic rings. The van der Waals surface area contributed by atoms with E-state index in [1.807, 2.05) is 0 Å². The van der Waals surface area contributed by atoms with Gasteiger partial charge in [0.25, 0.3) is 0 Å². The Morgan fingerprint density at radius 2 is 1.68 bits per heavy atom. The number of nitrogens with zero attached hydrogens (tertiary/aromatic N) is 1. The van der Waals surface area contributed by atoms with E-state index in [1.165, 1.54) is 0 Å². The van der Waals surface area contributed by atoms with E-state index in [9.17, 15) is 9.59 Å². The summed E-state index contributed by atoms with van der Waals surface area (Å²) in [6.07, 6.45) is 3.93. The number of piperidine rings is 1. The van der Waals surface area contributed by atoms with Crippen LogP contribution in [0.5, 0.6) is 0 Å². The van der Waals surface area contributed by atoms with Gasteiger partial charge in [0.2, 0.25) is 0 Å². The summed E-state index contributed by atoms with van der Waals surface area (Å²) in [5, 5.41) is 14.8. The monoisotopic (exact) mass is 269 g/mol. The normalized spacial score (nSPS) is 29.1. The lowest BCUT2D eigenvalue weighted by Crippen LogP contribution is -2.49. The molecule has 1 aliphatic heterocycles. The molecule has 1 saturated heterocycles. The highest BCUT2D eigenvalue weighted by atomic mass is 16.4. The lowest BCUT2D eigenvalue weighted by molar-refractivity contribution is -0.141. The first-order valence-electron chi connectivity index (χ1n) is 7.03. The average Bonchev–Trinajstić information content (AvgIpc) is 2.80. The van der Waals surface area contributed by atoms with Crippen molar-refractivity contribution in [2.75, 3.05) is 20.1 Å². The lowest BCUT2D eigenvalue weighted by Gasteiger charge is -2.29. The van der Waals surface area contributed by atoms with Gasteiger partial charge in [0.05, 0.1) is 5.92 Å². The Bertz CT molecular complexity index is 340. The quantitative estimate of drug-likeness (QED) is 0.702. The highest BCUT2D eigenvalue weighted by Crippen LogP contribution is 2.25. The molecule has 3 N–H and O–H groups in total. The van der Waals surface area contributed by atoms with Crippen LogP contribution in [0.3, 0.4) is 0 Å². The number of carboxylic acid groups (broad SMARTS) is 1. The first-order valence-corrected chi connectivity index (χ1v) is 7.03. The van der Waals surface area contributed by atoms with Crippen molar-refractivity contribution in [1.82, 2.24) is 15.5 Å². The number of carbonyl (C=O) groups excluding carboxylic acids is 1. The number of amides is 2. The summed E-state index contributed by atoms with van der Waals surface area (Å²) in [5.41, 5.74) is 0. The predicted octanol–water partition coefficient (Wildman–Crippen LogP) is 0.633. The summed E-state index contributed by atoms with van der Waals surface area (Å²) in [4.78, 5) is 24.9. The fourth-order valence-corrected chi connectivity index (χ4v) is 2.90. The second-order valence-corrected chi connectivity index (χ2v) is 5.74. The van der Waals surface area contributed by atoms with Gasteiger partial charge in [-0.05, 0) is 52.2 Å². The zero-order chi connectivity index (χ0) is 13.8. The summed E-state index contributed by atoms with van der Waals surface area (Å²) < 4.78 is 0. The Labute approximate surface area is 113 Å². The largest absolute Gasteiger partial charge is 0.481 e. The maximum absolute atomic E-state index is 11.8. The van der Waals surface area contributed by atoms with Gasteiger partial charge in [-0.25, -0.2) is 4.79 Å². The van der Waals surface area contributed by atoms with E-state index in [0.29, 0.717) is 12.8 Å². The molecule has 0 unspecified atom stereocenters. The number of rotatable bonds is 3. The van der Waals surface area contributed by atoms with Gasteiger partial charge in [-0.1, -0.05) is 0 Å². The zero-order valence-electron chi connectivity index (χ0n) is 11.4. The Balaban J connectivity index is 1.69. The highest BCUT2D eigenvalue weighted by Gasteiger charge is 2.30. The second-order valence-electron chi connectivity index (χ2n) is 5.74. The fourth-order valence-electron chi connectivity index (χ4n) is 2.90. The number of urea groups is 1. The minimum atomic E-state index is -0.750. The molecule has 0 aromatic carbocycles. The van der Waals surface area contributed by atoms with Crippen LogP contribution in [0.15, 0.2) is 0 Å². The summed E-state index contributed by atoms with van der Waals surface area (Å²) in [6, 6.07) is 0.103. The number of nitrogens with one attached hydrogen (secondary N) is 2. The molecule has 0 aromatic rings. The number of carbonyl (C=O) groups is 2. The molecule has 2 fully saturated rings. The average molecular weight is 269 g/mol. The molecule has 0 aromatic heterocycles. The number of hydrogen-bond donors (Lipinski definition) is 3. The minimum absolute atomic E-state index is 0.00682.